The second-order valence-electron chi connectivity index (χ2n) is 6.57. The molecule has 4 rings (SSSR count). The van der Waals surface area contributed by atoms with Crippen LogP contribution in [-0.4, -0.2) is 29.2 Å². The van der Waals surface area contributed by atoms with Crippen molar-refractivity contribution in [1.29, 1.82) is 10.5 Å². The van der Waals surface area contributed by atoms with Gasteiger partial charge in [0, 0.05) is 17.5 Å². The van der Waals surface area contributed by atoms with E-state index in [1.165, 1.54) is 11.8 Å². The van der Waals surface area contributed by atoms with E-state index in [-0.39, 0.29) is 13.1 Å². The Morgan fingerprint density at radius 1 is 1.03 bits per heavy atom. The third-order valence-electron chi connectivity index (χ3n) is 4.65. The molecule has 7 heteroatoms. The van der Waals surface area contributed by atoms with Crippen molar-refractivity contribution in [2.75, 3.05) is 18.0 Å². The average Bonchev–Trinajstić information content (AvgIpc) is 2.75. The van der Waals surface area contributed by atoms with Crippen LogP contribution in [-0.2, 0) is 5.75 Å². The molecule has 0 spiro atoms. The molecule has 142 valence electrons. The third kappa shape index (κ3) is 3.78. The first-order chi connectivity index (χ1) is 14.2. The zero-order valence-corrected chi connectivity index (χ0v) is 16.2. The number of rotatable bonds is 5. The number of nitrogens with zero attached hydrogens (tertiary/aromatic N) is 5. The minimum Gasteiger partial charge on any atom is -0.349 e. The molecule has 0 aliphatic carbocycles. The Balaban J connectivity index is 1.85. The Bertz CT molecular complexity index is 1100. The largest absolute Gasteiger partial charge is 0.349 e. The van der Waals surface area contributed by atoms with Crippen LogP contribution in [0.25, 0.3) is 11.1 Å². The van der Waals surface area contributed by atoms with Crippen molar-refractivity contribution >= 4 is 17.6 Å². The Hall–Kier alpha value is -3.42. The molecule has 0 N–H and O–H groups in total. The Labute approximate surface area is 172 Å². The molecule has 0 amide bonds. The van der Waals surface area contributed by atoms with Crippen LogP contribution in [0.3, 0.4) is 0 Å². The second-order valence-corrected chi connectivity index (χ2v) is 7.53. The van der Waals surface area contributed by atoms with Crippen molar-refractivity contribution in [2.24, 2.45) is 0 Å². The zero-order chi connectivity index (χ0) is 20.2. The summed E-state index contributed by atoms with van der Waals surface area (Å²) in [6.45, 7) is 0.401. The first-order valence-electron chi connectivity index (χ1n) is 9.06. The Morgan fingerprint density at radius 2 is 1.76 bits per heavy atom. The SMILES string of the molecule is N#Cc1c(SCc2ccccn2)nc(N2CC(F)C2)c(C#N)c1-c1ccccc1. The van der Waals surface area contributed by atoms with Gasteiger partial charge in [-0.1, -0.05) is 48.2 Å². The summed E-state index contributed by atoms with van der Waals surface area (Å²) in [4.78, 5) is 10.7. The van der Waals surface area contributed by atoms with Crippen molar-refractivity contribution in [3.05, 3.63) is 71.5 Å². The van der Waals surface area contributed by atoms with Crippen LogP contribution in [0.1, 0.15) is 16.8 Å². The summed E-state index contributed by atoms with van der Waals surface area (Å²) in [6.07, 6.45) is 0.791. The van der Waals surface area contributed by atoms with Crippen molar-refractivity contribution in [3.63, 3.8) is 0 Å². The predicted octanol–water partition coefficient (Wildman–Crippen LogP) is 4.34. The monoisotopic (exact) mass is 401 g/mol. The number of alkyl halides is 1. The molecule has 0 saturated carbocycles. The van der Waals surface area contributed by atoms with Crippen LogP contribution in [0.2, 0.25) is 0 Å². The molecule has 1 fully saturated rings. The number of anilines is 1. The first-order valence-corrected chi connectivity index (χ1v) is 10.0. The smallest absolute Gasteiger partial charge is 0.148 e. The minimum atomic E-state index is -0.927. The molecule has 1 aliphatic heterocycles. The number of hydrogen-bond acceptors (Lipinski definition) is 6. The molecule has 5 nitrogen and oxygen atoms in total. The van der Waals surface area contributed by atoms with Gasteiger partial charge in [-0.2, -0.15) is 10.5 Å². The van der Waals surface area contributed by atoms with E-state index < -0.39 is 6.17 Å². The van der Waals surface area contributed by atoms with E-state index in [1.54, 1.807) is 11.1 Å². The van der Waals surface area contributed by atoms with Gasteiger partial charge in [0.25, 0.3) is 0 Å². The van der Waals surface area contributed by atoms with Gasteiger partial charge in [-0.15, -0.1) is 0 Å². The first kappa shape index (κ1) is 18.9. The van der Waals surface area contributed by atoms with E-state index in [9.17, 15) is 14.9 Å². The molecule has 3 aromatic rings. The van der Waals surface area contributed by atoms with Gasteiger partial charge >= 0.3 is 0 Å². The molecule has 1 aromatic carbocycles. The normalized spacial score (nSPS) is 13.4. The molecular weight excluding hydrogens is 385 g/mol. The van der Waals surface area contributed by atoms with Gasteiger partial charge in [-0.3, -0.25) is 4.98 Å². The highest BCUT2D eigenvalue weighted by molar-refractivity contribution is 7.98. The molecule has 1 aliphatic rings. The molecule has 29 heavy (non-hydrogen) atoms. The maximum absolute atomic E-state index is 13.5. The highest BCUT2D eigenvalue weighted by atomic mass is 32.2. The molecule has 0 unspecified atom stereocenters. The maximum atomic E-state index is 13.5. The lowest BCUT2D eigenvalue weighted by Gasteiger charge is -2.36. The lowest BCUT2D eigenvalue weighted by Crippen LogP contribution is -2.49. The van der Waals surface area contributed by atoms with Gasteiger partial charge in [0.05, 0.1) is 24.3 Å². The van der Waals surface area contributed by atoms with E-state index in [2.05, 4.69) is 22.1 Å². The van der Waals surface area contributed by atoms with Gasteiger partial charge < -0.3 is 4.90 Å². The van der Waals surface area contributed by atoms with Gasteiger partial charge in [0.2, 0.25) is 0 Å². The van der Waals surface area contributed by atoms with E-state index in [1.807, 2.05) is 48.5 Å². The summed E-state index contributed by atoms with van der Waals surface area (Å²) in [7, 11) is 0. The highest BCUT2D eigenvalue weighted by Gasteiger charge is 2.32. The Kier molecular flexibility index (Phi) is 5.41. The molecule has 1 saturated heterocycles. The fourth-order valence-corrected chi connectivity index (χ4v) is 4.11. The number of hydrogen-bond donors (Lipinski definition) is 0. The van der Waals surface area contributed by atoms with Crippen LogP contribution in [0.5, 0.6) is 0 Å². The van der Waals surface area contributed by atoms with E-state index in [0.29, 0.717) is 33.3 Å². The van der Waals surface area contributed by atoms with Crippen LogP contribution in [0.15, 0.2) is 59.8 Å². The lowest BCUT2D eigenvalue weighted by molar-refractivity contribution is 0.273. The van der Waals surface area contributed by atoms with Crippen molar-refractivity contribution in [1.82, 2.24) is 9.97 Å². The maximum Gasteiger partial charge on any atom is 0.148 e. The van der Waals surface area contributed by atoms with Gasteiger partial charge in [-0.25, -0.2) is 9.37 Å². The number of benzene rings is 1. The van der Waals surface area contributed by atoms with E-state index >= 15 is 0 Å². The zero-order valence-electron chi connectivity index (χ0n) is 15.4. The van der Waals surface area contributed by atoms with Gasteiger partial charge in [0.1, 0.15) is 34.7 Å². The summed E-state index contributed by atoms with van der Waals surface area (Å²) in [5.74, 6) is 0.969. The molecule has 0 atom stereocenters. The third-order valence-corrected chi connectivity index (χ3v) is 5.66. The number of nitriles is 2. The van der Waals surface area contributed by atoms with Crippen LogP contribution < -0.4 is 4.90 Å². The molecular formula is C22H16FN5S. The van der Waals surface area contributed by atoms with Crippen molar-refractivity contribution in [3.8, 4) is 23.3 Å². The predicted molar refractivity (Wildman–Crippen MR) is 110 cm³/mol. The average molecular weight is 401 g/mol. The van der Waals surface area contributed by atoms with Crippen molar-refractivity contribution < 1.29 is 4.39 Å². The lowest BCUT2D eigenvalue weighted by atomic mass is 9.96. The molecule has 0 bridgehead atoms. The molecule has 0 radical (unpaired) electrons. The Morgan fingerprint density at radius 3 is 2.38 bits per heavy atom. The number of aromatic nitrogens is 2. The second kappa shape index (κ2) is 8.30. The number of halogens is 1. The minimum absolute atomic E-state index is 0.201. The topological polar surface area (TPSA) is 76.6 Å². The summed E-state index contributed by atoms with van der Waals surface area (Å²) in [5.41, 5.74) is 2.84. The van der Waals surface area contributed by atoms with E-state index in [4.69, 9.17) is 0 Å². The molecule has 3 heterocycles. The van der Waals surface area contributed by atoms with E-state index in [0.717, 1.165) is 11.3 Å². The standard InChI is InChI=1S/C22H16FN5S/c23-16-12-28(13-16)21-18(10-24)20(15-6-2-1-3-7-15)19(11-25)22(27-21)29-14-17-8-4-5-9-26-17/h1-9,16H,12-14H2. The van der Waals surface area contributed by atoms with Gasteiger partial charge in [0.15, 0.2) is 0 Å². The summed E-state index contributed by atoms with van der Waals surface area (Å²) in [6, 6.07) is 19.4. The fraction of sp³-hybridized carbons (Fsp3) is 0.182. The highest BCUT2D eigenvalue weighted by Crippen LogP contribution is 2.39. The quantitative estimate of drug-likeness (QED) is 0.592. The number of pyridine rings is 2. The van der Waals surface area contributed by atoms with Crippen LogP contribution in [0.4, 0.5) is 10.2 Å². The van der Waals surface area contributed by atoms with Crippen molar-refractivity contribution in [2.45, 2.75) is 17.0 Å². The summed E-state index contributed by atoms with van der Waals surface area (Å²) >= 11 is 1.39. The fourth-order valence-electron chi connectivity index (χ4n) is 3.21. The van der Waals surface area contributed by atoms with Crippen LogP contribution in [0, 0.1) is 22.7 Å². The number of thioether (sulfide) groups is 1. The summed E-state index contributed by atoms with van der Waals surface area (Å²) < 4.78 is 13.5. The summed E-state index contributed by atoms with van der Waals surface area (Å²) in [5, 5.41) is 20.3. The van der Waals surface area contributed by atoms with Crippen LogP contribution >= 0.6 is 11.8 Å². The van der Waals surface area contributed by atoms with Gasteiger partial charge in [-0.05, 0) is 17.7 Å². The molecule has 2 aromatic heterocycles.